The van der Waals surface area contributed by atoms with E-state index in [0.29, 0.717) is 23.4 Å². The van der Waals surface area contributed by atoms with E-state index in [0.717, 1.165) is 52.3 Å². The monoisotopic (exact) mass is 812 g/mol. The molecule has 1 aromatic heterocycles. The Kier molecular flexibility index (Phi) is 8.75. The molecule has 2 heterocycles. The summed E-state index contributed by atoms with van der Waals surface area (Å²) in [6.45, 7) is 2.32. The molecule has 6 nitrogen and oxygen atoms in total. The van der Waals surface area contributed by atoms with Crippen LogP contribution < -0.4 is 0 Å². The van der Waals surface area contributed by atoms with Crippen molar-refractivity contribution in [2.24, 2.45) is 15.9 Å². The van der Waals surface area contributed by atoms with Crippen LogP contribution in [0.4, 0.5) is 0 Å². The molecule has 1 spiro atoms. The molecule has 63 heavy (non-hydrogen) atoms. The van der Waals surface area contributed by atoms with E-state index in [-0.39, 0.29) is 6.17 Å². The van der Waals surface area contributed by atoms with E-state index in [2.05, 4.69) is 177 Å². The highest BCUT2D eigenvalue weighted by Crippen LogP contribution is 2.63. The van der Waals surface area contributed by atoms with Crippen LogP contribution >= 0.6 is 0 Å². The Morgan fingerprint density at radius 2 is 1.03 bits per heavy atom. The first-order valence-corrected chi connectivity index (χ1v) is 22.0. The first-order valence-electron chi connectivity index (χ1n) is 22.0. The lowest BCUT2D eigenvalue weighted by Crippen LogP contribution is -2.35. The minimum atomic E-state index is -0.611. The minimum absolute atomic E-state index is 0.248. The van der Waals surface area contributed by atoms with E-state index >= 15 is 0 Å². The Labute approximate surface area is 368 Å². The van der Waals surface area contributed by atoms with Gasteiger partial charge in [0.05, 0.1) is 5.41 Å². The summed E-state index contributed by atoms with van der Waals surface area (Å²) in [5.41, 5.74) is 15.6. The number of nitrogens with zero attached hydrogens (tertiary/aromatic N) is 6. The summed E-state index contributed by atoms with van der Waals surface area (Å²) >= 11 is 0. The van der Waals surface area contributed by atoms with Crippen LogP contribution in [0, 0.1) is 5.92 Å². The summed E-state index contributed by atoms with van der Waals surface area (Å²) in [5.74, 6) is 4.33. The van der Waals surface area contributed by atoms with Gasteiger partial charge in [0, 0.05) is 29.3 Å². The van der Waals surface area contributed by atoms with E-state index in [1.165, 1.54) is 56.5 Å². The van der Waals surface area contributed by atoms with Crippen molar-refractivity contribution < 1.29 is 0 Å². The molecular weight excluding hydrogens is 769 g/mol. The van der Waals surface area contributed by atoms with Crippen LogP contribution in [0.3, 0.4) is 0 Å². The van der Waals surface area contributed by atoms with Gasteiger partial charge in [0.1, 0.15) is 12.0 Å². The summed E-state index contributed by atoms with van der Waals surface area (Å²) < 4.78 is 0. The number of benzene rings is 7. The van der Waals surface area contributed by atoms with Crippen molar-refractivity contribution in [3.8, 4) is 45.0 Å². The zero-order valence-corrected chi connectivity index (χ0v) is 35.3. The fraction of sp³-hybridized carbons (Fsp3) is 0.140. The maximum atomic E-state index is 5.42. The Hall–Kier alpha value is -7.57. The van der Waals surface area contributed by atoms with Crippen molar-refractivity contribution in [3.05, 3.63) is 227 Å². The largest absolute Gasteiger partial charge is 0.333 e. The van der Waals surface area contributed by atoms with Gasteiger partial charge in [-0.25, -0.2) is 24.9 Å². The molecule has 2 unspecified atom stereocenters. The highest BCUT2D eigenvalue weighted by molar-refractivity contribution is 6.13. The Bertz CT molecular complexity index is 3140. The molecule has 12 rings (SSSR count). The number of rotatable bonds is 6. The molecule has 2 atom stereocenters. The third-order valence-corrected chi connectivity index (χ3v) is 13.5. The molecule has 1 aliphatic heterocycles. The number of hydrogen-bond donors (Lipinski definition) is 0. The molecule has 4 aliphatic rings. The summed E-state index contributed by atoms with van der Waals surface area (Å²) in [6.07, 6.45) is 5.26. The Morgan fingerprint density at radius 3 is 1.68 bits per heavy atom. The van der Waals surface area contributed by atoms with Crippen molar-refractivity contribution in [1.29, 1.82) is 0 Å². The highest BCUT2D eigenvalue weighted by atomic mass is 15.3. The number of hydrogen-bond acceptors (Lipinski definition) is 6. The van der Waals surface area contributed by atoms with Gasteiger partial charge in [-0.05, 0) is 93.0 Å². The molecule has 0 radical (unpaired) electrons. The second-order valence-corrected chi connectivity index (χ2v) is 17.3. The number of amidine groups is 2. The van der Waals surface area contributed by atoms with Crippen LogP contribution in [0.25, 0.3) is 50.6 Å². The lowest BCUT2D eigenvalue weighted by atomic mass is 9.70. The van der Waals surface area contributed by atoms with Gasteiger partial charge in [0.25, 0.3) is 0 Å². The second-order valence-electron chi connectivity index (χ2n) is 17.3. The number of aromatic nitrogens is 3. The van der Waals surface area contributed by atoms with Crippen molar-refractivity contribution in [2.45, 2.75) is 37.8 Å². The molecule has 0 N–H and O–H groups in total. The lowest BCUT2D eigenvalue weighted by Gasteiger charge is -2.33. The molecule has 0 amide bonds. The molecule has 0 saturated heterocycles. The Morgan fingerprint density at radius 1 is 0.508 bits per heavy atom. The highest BCUT2D eigenvalue weighted by Gasteiger charge is 2.52. The summed E-state index contributed by atoms with van der Waals surface area (Å²) in [5, 5.41) is 0. The van der Waals surface area contributed by atoms with Gasteiger partial charge in [0.2, 0.25) is 0 Å². The quantitative estimate of drug-likeness (QED) is 0.168. The lowest BCUT2D eigenvalue weighted by molar-refractivity contribution is 0.383. The van der Waals surface area contributed by atoms with Crippen molar-refractivity contribution in [2.75, 3.05) is 7.05 Å². The first-order chi connectivity index (χ1) is 31.0. The summed E-state index contributed by atoms with van der Waals surface area (Å²) in [7, 11) is 2.09. The second kappa shape index (κ2) is 14.8. The topological polar surface area (TPSA) is 66.6 Å². The molecule has 0 fully saturated rings. The van der Waals surface area contributed by atoms with Gasteiger partial charge in [-0.2, -0.15) is 0 Å². The summed E-state index contributed by atoms with van der Waals surface area (Å²) in [6, 6.07) is 62.9. The van der Waals surface area contributed by atoms with Crippen LogP contribution in [0.5, 0.6) is 0 Å². The fourth-order valence-corrected chi connectivity index (χ4v) is 10.5. The molecular formula is C57H44N6. The molecule has 3 aliphatic carbocycles. The van der Waals surface area contributed by atoms with Crippen LogP contribution in [0.15, 0.2) is 192 Å². The van der Waals surface area contributed by atoms with E-state index in [1.54, 1.807) is 0 Å². The summed E-state index contributed by atoms with van der Waals surface area (Å²) in [4.78, 5) is 28.6. The first kappa shape index (κ1) is 37.2. The molecule has 6 heteroatoms. The smallest absolute Gasteiger partial charge is 0.164 e. The van der Waals surface area contributed by atoms with E-state index in [4.69, 9.17) is 24.9 Å². The van der Waals surface area contributed by atoms with E-state index < -0.39 is 5.41 Å². The predicted molar refractivity (Wildman–Crippen MR) is 254 cm³/mol. The van der Waals surface area contributed by atoms with Gasteiger partial charge in [-0.15, -0.1) is 0 Å². The number of fused-ring (bicyclic) bond motifs is 10. The molecule has 7 aromatic carbocycles. The number of allylic oxidation sites excluding steroid dienone is 2. The molecule has 0 bridgehead atoms. The van der Waals surface area contributed by atoms with Gasteiger partial charge < -0.3 is 4.90 Å². The fourth-order valence-electron chi connectivity index (χ4n) is 10.5. The van der Waals surface area contributed by atoms with Gasteiger partial charge in [0.15, 0.2) is 23.3 Å². The van der Waals surface area contributed by atoms with Crippen molar-refractivity contribution in [1.82, 2.24) is 19.9 Å². The molecule has 302 valence electrons. The van der Waals surface area contributed by atoms with Crippen LogP contribution in [0.2, 0.25) is 0 Å². The van der Waals surface area contributed by atoms with Crippen molar-refractivity contribution >= 4 is 17.2 Å². The van der Waals surface area contributed by atoms with Crippen LogP contribution in [0.1, 0.15) is 77.1 Å². The zero-order chi connectivity index (χ0) is 42.1. The molecule has 8 aromatic rings. The minimum Gasteiger partial charge on any atom is -0.333 e. The standard InChI is InChI=1S/C57H44N6/c1-36-17-16-24-40(33-36)52-58-51(37-18-6-3-7-19-37)59-53(60-52)41-29-31-45-46-32-30-42(54-61-55(38-20-8-4-9-21-38)63(2)56(62-54)39-22-10-5-11-23-39)35-50(46)57(49(45)34-41)47-27-14-12-25-43(47)44-26-13-15-28-48(44)57/h3-15,18-32,34-36,55H,16-17,33H2,1-2H3. The van der Waals surface area contributed by atoms with Crippen molar-refractivity contribution in [3.63, 3.8) is 0 Å². The predicted octanol–water partition coefficient (Wildman–Crippen LogP) is 12.6. The Balaban J connectivity index is 1.08. The van der Waals surface area contributed by atoms with Crippen LogP contribution in [-0.2, 0) is 5.41 Å². The van der Waals surface area contributed by atoms with Crippen LogP contribution in [-0.4, -0.2) is 38.6 Å². The van der Waals surface area contributed by atoms with Gasteiger partial charge in [-0.1, -0.05) is 177 Å². The molecule has 0 saturated carbocycles. The maximum Gasteiger partial charge on any atom is 0.164 e. The van der Waals surface area contributed by atoms with E-state index in [9.17, 15) is 0 Å². The van der Waals surface area contributed by atoms with Gasteiger partial charge >= 0.3 is 0 Å². The maximum absolute atomic E-state index is 5.42. The average Bonchev–Trinajstić information content (AvgIpc) is 3.81. The van der Waals surface area contributed by atoms with Gasteiger partial charge in [-0.3, -0.25) is 0 Å². The SMILES string of the molecule is CC1CCC=C(c2nc(-c3ccccc3)nc(-c3ccc4c(c3)C3(c5ccccc5-c5ccccc53)c3cc(C5=NC(c6ccccc6)N(C)C(c6ccccc6)=N5)ccc3-4)n2)C1. The zero-order valence-electron chi connectivity index (χ0n) is 35.3. The normalized spacial score (nSPS) is 17.9. The third-order valence-electron chi connectivity index (χ3n) is 13.5. The average molecular weight is 813 g/mol. The number of aliphatic imine (C=N–C) groups is 2. The third kappa shape index (κ3) is 5.96. The van der Waals surface area contributed by atoms with E-state index in [1.807, 2.05) is 24.3 Å².